The van der Waals surface area contributed by atoms with E-state index in [1.165, 1.54) is 12.1 Å². The number of hydrogen-bond donors (Lipinski definition) is 2. The minimum atomic E-state index is -0.433. The Labute approximate surface area is 221 Å². The SMILES string of the molecule is CN1CCN(c2ccc(C(=O)Nc3cccc(C(=O)Nc4cc(F)cc(N5CCOCC5)c4)c3)cn2)CC1. The minimum Gasteiger partial charge on any atom is -0.378 e. The van der Waals surface area contributed by atoms with Crippen LogP contribution in [0, 0.1) is 5.82 Å². The van der Waals surface area contributed by atoms with Gasteiger partial charge >= 0.3 is 0 Å². The number of ether oxygens (including phenoxy) is 1. The molecule has 0 saturated carbocycles. The van der Waals surface area contributed by atoms with Gasteiger partial charge in [0.1, 0.15) is 11.6 Å². The van der Waals surface area contributed by atoms with Crippen LogP contribution in [0.15, 0.2) is 60.8 Å². The Morgan fingerprint density at radius 2 is 1.55 bits per heavy atom. The van der Waals surface area contributed by atoms with E-state index in [2.05, 4.69) is 32.5 Å². The molecule has 3 aromatic rings. The van der Waals surface area contributed by atoms with E-state index in [4.69, 9.17) is 4.74 Å². The van der Waals surface area contributed by atoms with Crippen LogP contribution in [0.25, 0.3) is 0 Å². The number of likely N-dealkylation sites (N-methyl/N-ethyl adjacent to an activating group) is 1. The van der Waals surface area contributed by atoms with Crippen LogP contribution >= 0.6 is 0 Å². The Hall–Kier alpha value is -4.02. The lowest BCUT2D eigenvalue weighted by molar-refractivity contribution is 0.101. The Kier molecular flexibility index (Phi) is 7.81. The zero-order valence-electron chi connectivity index (χ0n) is 21.3. The molecule has 0 aliphatic carbocycles. The molecule has 10 heteroatoms. The van der Waals surface area contributed by atoms with Crippen LogP contribution in [-0.2, 0) is 4.74 Å². The third kappa shape index (κ3) is 6.27. The van der Waals surface area contributed by atoms with Crippen molar-refractivity contribution in [2.45, 2.75) is 0 Å². The van der Waals surface area contributed by atoms with Crippen molar-refractivity contribution in [2.75, 3.05) is 80.0 Å². The molecule has 2 aliphatic rings. The maximum atomic E-state index is 14.3. The van der Waals surface area contributed by atoms with Crippen LogP contribution in [0.3, 0.4) is 0 Å². The first-order valence-corrected chi connectivity index (χ1v) is 12.7. The number of carbonyl (C=O) groups excluding carboxylic acids is 2. The van der Waals surface area contributed by atoms with Crippen LogP contribution in [0.2, 0.25) is 0 Å². The van der Waals surface area contributed by atoms with Crippen molar-refractivity contribution < 1.29 is 18.7 Å². The number of benzene rings is 2. The van der Waals surface area contributed by atoms with Crippen molar-refractivity contribution in [1.82, 2.24) is 9.88 Å². The molecule has 38 heavy (non-hydrogen) atoms. The zero-order valence-corrected chi connectivity index (χ0v) is 21.3. The van der Waals surface area contributed by atoms with Gasteiger partial charge < -0.3 is 30.1 Å². The molecule has 0 spiro atoms. The van der Waals surface area contributed by atoms with Crippen molar-refractivity contribution >= 4 is 34.7 Å². The summed E-state index contributed by atoms with van der Waals surface area (Å²) in [5.41, 5.74) is 2.28. The number of amides is 2. The van der Waals surface area contributed by atoms with E-state index in [9.17, 15) is 14.0 Å². The molecule has 2 saturated heterocycles. The number of rotatable bonds is 6. The summed E-state index contributed by atoms with van der Waals surface area (Å²) in [6.07, 6.45) is 1.57. The number of morpholine rings is 1. The van der Waals surface area contributed by atoms with E-state index in [0.717, 1.165) is 32.0 Å². The Balaban J connectivity index is 1.22. The van der Waals surface area contributed by atoms with Gasteiger partial charge in [0.25, 0.3) is 11.8 Å². The molecule has 2 aliphatic heterocycles. The molecule has 0 bridgehead atoms. The second kappa shape index (κ2) is 11.6. The van der Waals surface area contributed by atoms with Crippen molar-refractivity contribution in [3.8, 4) is 0 Å². The summed E-state index contributed by atoms with van der Waals surface area (Å²) in [7, 11) is 2.10. The topological polar surface area (TPSA) is 90.0 Å². The summed E-state index contributed by atoms with van der Waals surface area (Å²) in [4.78, 5) is 36.7. The van der Waals surface area contributed by atoms with Crippen LogP contribution in [0.4, 0.5) is 27.3 Å². The first-order chi connectivity index (χ1) is 18.4. The van der Waals surface area contributed by atoms with Crippen molar-refractivity contribution in [3.63, 3.8) is 0 Å². The van der Waals surface area contributed by atoms with Gasteiger partial charge in [-0.2, -0.15) is 0 Å². The molecule has 1 aromatic heterocycles. The lowest BCUT2D eigenvalue weighted by Gasteiger charge is -2.33. The van der Waals surface area contributed by atoms with Gasteiger partial charge in [-0.3, -0.25) is 9.59 Å². The van der Waals surface area contributed by atoms with Gasteiger partial charge in [-0.05, 0) is 55.6 Å². The van der Waals surface area contributed by atoms with E-state index in [-0.39, 0.29) is 5.91 Å². The number of nitrogens with one attached hydrogen (secondary N) is 2. The molecule has 0 radical (unpaired) electrons. The number of nitrogens with zero attached hydrogens (tertiary/aromatic N) is 4. The number of anilines is 4. The molecule has 2 fully saturated rings. The maximum Gasteiger partial charge on any atom is 0.257 e. The molecule has 0 unspecified atom stereocenters. The molecule has 0 atom stereocenters. The van der Waals surface area contributed by atoms with Gasteiger partial charge in [0.15, 0.2) is 0 Å². The minimum absolute atomic E-state index is 0.319. The van der Waals surface area contributed by atoms with Gasteiger partial charge in [0.05, 0.1) is 18.8 Å². The van der Waals surface area contributed by atoms with E-state index in [1.54, 1.807) is 42.6 Å². The number of hydrogen-bond acceptors (Lipinski definition) is 7. The third-order valence-electron chi connectivity index (χ3n) is 6.74. The summed E-state index contributed by atoms with van der Waals surface area (Å²) in [6, 6.07) is 14.7. The normalized spacial score (nSPS) is 16.3. The van der Waals surface area contributed by atoms with Crippen LogP contribution < -0.4 is 20.4 Å². The van der Waals surface area contributed by atoms with Gasteiger partial charge in [-0.25, -0.2) is 9.37 Å². The second-order valence-corrected chi connectivity index (χ2v) is 9.48. The summed E-state index contributed by atoms with van der Waals surface area (Å²) < 4.78 is 19.6. The summed E-state index contributed by atoms with van der Waals surface area (Å²) >= 11 is 0. The smallest absolute Gasteiger partial charge is 0.257 e. The number of halogens is 1. The van der Waals surface area contributed by atoms with E-state index < -0.39 is 11.7 Å². The predicted octanol–water partition coefficient (Wildman–Crippen LogP) is 3.31. The number of carbonyl (C=O) groups is 2. The first kappa shape index (κ1) is 25.6. The predicted molar refractivity (Wildman–Crippen MR) is 146 cm³/mol. The van der Waals surface area contributed by atoms with Gasteiger partial charge in [0, 0.05) is 68.1 Å². The quantitative estimate of drug-likeness (QED) is 0.518. The molecule has 9 nitrogen and oxygen atoms in total. The fraction of sp³-hybridized carbons (Fsp3) is 0.321. The highest BCUT2D eigenvalue weighted by atomic mass is 19.1. The first-order valence-electron chi connectivity index (χ1n) is 12.7. The van der Waals surface area contributed by atoms with Crippen molar-refractivity contribution in [2.24, 2.45) is 0 Å². The van der Waals surface area contributed by atoms with E-state index in [0.29, 0.717) is 54.5 Å². The molecule has 198 valence electrons. The molecular formula is C28H31FN6O3. The second-order valence-electron chi connectivity index (χ2n) is 9.48. The van der Waals surface area contributed by atoms with Crippen LogP contribution in [0.1, 0.15) is 20.7 Å². The van der Waals surface area contributed by atoms with Crippen molar-refractivity contribution in [1.29, 1.82) is 0 Å². The lowest BCUT2D eigenvalue weighted by atomic mass is 10.1. The van der Waals surface area contributed by atoms with E-state index >= 15 is 0 Å². The van der Waals surface area contributed by atoms with Gasteiger partial charge in [-0.15, -0.1) is 0 Å². The third-order valence-corrected chi connectivity index (χ3v) is 6.74. The number of piperazine rings is 1. The van der Waals surface area contributed by atoms with Crippen LogP contribution in [-0.4, -0.2) is 81.2 Å². The van der Waals surface area contributed by atoms with Crippen molar-refractivity contribution in [3.05, 3.63) is 77.7 Å². The number of aromatic nitrogens is 1. The molecular weight excluding hydrogens is 487 g/mol. The Morgan fingerprint density at radius 3 is 2.29 bits per heavy atom. The zero-order chi connectivity index (χ0) is 26.5. The average molecular weight is 519 g/mol. The molecule has 2 amide bonds. The maximum absolute atomic E-state index is 14.3. The fourth-order valence-electron chi connectivity index (χ4n) is 4.54. The Bertz CT molecular complexity index is 1290. The summed E-state index contributed by atoms with van der Waals surface area (Å²) in [6.45, 7) is 6.21. The highest BCUT2D eigenvalue weighted by Gasteiger charge is 2.17. The van der Waals surface area contributed by atoms with Gasteiger partial charge in [0.2, 0.25) is 0 Å². The summed E-state index contributed by atoms with van der Waals surface area (Å²) in [5, 5.41) is 5.59. The monoisotopic (exact) mass is 518 g/mol. The molecule has 2 N–H and O–H groups in total. The standard InChI is InChI=1S/C28H31FN6O3/c1-33-7-9-35(10-8-33)26-6-5-21(19-30-26)28(37)31-23-4-2-3-20(15-23)27(36)32-24-16-22(29)17-25(18-24)34-11-13-38-14-12-34/h2-6,15-19H,7-14H2,1H3,(H,31,37)(H,32,36). The summed E-state index contributed by atoms with van der Waals surface area (Å²) in [5.74, 6) is -0.307. The lowest BCUT2D eigenvalue weighted by Crippen LogP contribution is -2.44. The number of pyridine rings is 1. The fourth-order valence-corrected chi connectivity index (χ4v) is 4.54. The van der Waals surface area contributed by atoms with E-state index in [1.807, 2.05) is 11.0 Å². The highest BCUT2D eigenvalue weighted by Crippen LogP contribution is 2.24. The Morgan fingerprint density at radius 1 is 0.816 bits per heavy atom. The average Bonchev–Trinajstić information content (AvgIpc) is 2.94. The largest absolute Gasteiger partial charge is 0.378 e. The molecule has 2 aromatic carbocycles. The van der Waals surface area contributed by atoms with Crippen LogP contribution in [0.5, 0.6) is 0 Å². The van der Waals surface area contributed by atoms with Gasteiger partial charge in [-0.1, -0.05) is 6.07 Å². The molecule has 3 heterocycles. The highest BCUT2D eigenvalue weighted by molar-refractivity contribution is 6.07. The molecule has 5 rings (SSSR count).